The first-order valence-electron chi connectivity index (χ1n) is 6.89. The molecule has 0 spiro atoms. The van der Waals surface area contributed by atoms with E-state index in [1.807, 2.05) is 0 Å². The summed E-state index contributed by atoms with van der Waals surface area (Å²) in [4.78, 5) is 32.1. The van der Waals surface area contributed by atoms with Crippen molar-refractivity contribution in [2.24, 2.45) is 5.73 Å². The smallest absolute Gasteiger partial charge is 0.246 e. The molecule has 110 valence electrons. The van der Waals surface area contributed by atoms with Crippen molar-refractivity contribution in [3.05, 3.63) is 29.6 Å². The van der Waals surface area contributed by atoms with Gasteiger partial charge in [-0.15, -0.1) is 0 Å². The van der Waals surface area contributed by atoms with Crippen LogP contribution in [0.15, 0.2) is 18.3 Å². The van der Waals surface area contributed by atoms with Crippen molar-refractivity contribution in [1.29, 1.82) is 0 Å². The van der Waals surface area contributed by atoms with Crippen LogP contribution in [0.3, 0.4) is 0 Å². The van der Waals surface area contributed by atoms with Crippen LogP contribution in [0, 0.1) is 0 Å². The Bertz CT molecular complexity index is 619. The Kier molecular flexibility index (Phi) is 3.59. The fourth-order valence-corrected chi connectivity index (χ4v) is 3.04. The molecule has 2 saturated heterocycles. The summed E-state index contributed by atoms with van der Waals surface area (Å²) in [6.07, 6.45) is 3.27. The van der Waals surface area contributed by atoms with Gasteiger partial charge in [0, 0.05) is 19.3 Å². The molecular weight excluding hydrogens is 288 g/mol. The molecule has 2 fully saturated rings. The molecule has 2 amide bonds. The Morgan fingerprint density at radius 3 is 3.05 bits per heavy atom. The van der Waals surface area contributed by atoms with Gasteiger partial charge in [-0.2, -0.15) is 0 Å². The van der Waals surface area contributed by atoms with Crippen molar-refractivity contribution in [1.82, 2.24) is 14.8 Å². The molecule has 2 N–H and O–H groups in total. The van der Waals surface area contributed by atoms with E-state index < -0.39 is 0 Å². The van der Waals surface area contributed by atoms with Gasteiger partial charge < -0.3 is 15.5 Å². The maximum Gasteiger partial charge on any atom is 0.246 e. The van der Waals surface area contributed by atoms with E-state index in [4.69, 9.17) is 18.0 Å². The van der Waals surface area contributed by atoms with Crippen LogP contribution in [0.2, 0.25) is 0 Å². The Labute approximate surface area is 127 Å². The van der Waals surface area contributed by atoms with Gasteiger partial charge in [-0.1, -0.05) is 12.2 Å². The quantitative estimate of drug-likeness (QED) is 0.798. The van der Waals surface area contributed by atoms with E-state index in [0.29, 0.717) is 18.8 Å². The van der Waals surface area contributed by atoms with Crippen LogP contribution in [0.25, 0.3) is 0 Å². The first-order chi connectivity index (χ1) is 10.1. The number of nitrogens with two attached hydrogens (primary N) is 1. The van der Waals surface area contributed by atoms with Crippen LogP contribution < -0.4 is 5.73 Å². The molecular formula is C14H16N4O2S. The monoisotopic (exact) mass is 304 g/mol. The first-order valence-corrected chi connectivity index (χ1v) is 7.30. The average Bonchev–Trinajstić information content (AvgIpc) is 2.95. The SMILES string of the molecule is NC(=S)c1cc(CN2CC(=O)N3CCCC3C2=O)ccn1. The molecule has 2 aliphatic rings. The molecule has 2 aliphatic heterocycles. The van der Waals surface area contributed by atoms with Crippen LogP contribution in [0.5, 0.6) is 0 Å². The predicted molar refractivity (Wildman–Crippen MR) is 80.3 cm³/mol. The van der Waals surface area contributed by atoms with E-state index in [1.54, 1.807) is 28.1 Å². The van der Waals surface area contributed by atoms with Crippen molar-refractivity contribution >= 4 is 29.0 Å². The summed E-state index contributed by atoms with van der Waals surface area (Å²) in [7, 11) is 0. The molecule has 0 radical (unpaired) electrons. The number of pyridine rings is 1. The minimum Gasteiger partial charge on any atom is -0.388 e. The van der Waals surface area contributed by atoms with Crippen molar-refractivity contribution in [3.63, 3.8) is 0 Å². The number of hydrogen-bond donors (Lipinski definition) is 1. The summed E-state index contributed by atoms with van der Waals surface area (Å²) in [6, 6.07) is 3.30. The summed E-state index contributed by atoms with van der Waals surface area (Å²) < 4.78 is 0. The Morgan fingerprint density at radius 1 is 1.48 bits per heavy atom. The number of fused-ring (bicyclic) bond motifs is 1. The van der Waals surface area contributed by atoms with Crippen molar-refractivity contribution < 1.29 is 9.59 Å². The number of aromatic nitrogens is 1. The van der Waals surface area contributed by atoms with Crippen LogP contribution in [-0.4, -0.2) is 50.7 Å². The third-order valence-corrected chi connectivity index (χ3v) is 4.16. The topological polar surface area (TPSA) is 79.5 Å². The van der Waals surface area contributed by atoms with Gasteiger partial charge in [-0.3, -0.25) is 14.6 Å². The van der Waals surface area contributed by atoms with Gasteiger partial charge >= 0.3 is 0 Å². The second kappa shape index (κ2) is 5.40. The Hall–Kier alpha value is -2.02. The number of thiocarbonyl (C=S) groups is 1. The zero-order chi connectivity index (χ0) is 15.0. The second-order valence-corrected chi connectivity index (χ2v) is 5.79. The number of nitrogens with zero attached hydrogens (tertiary/aromatic N) is 3. The Balaban J connectivity index is 1.78. The van der Waals surface area contributed by atoms with Crippen LogP contribution in [-0.2, 0) is 16.1 Å². The third-order valence-electron chi connectivity index (χ3n) is 3.95. The molecule has 6 nitrogen and oxygen atoms in total. The number of carbonyl (C=O) groups excluding carboxylic acids is 2. The molecule has 21 heavy (non-hydrogen) atoms. The highest BCUT2D eigenvalue weighted by Crippen LogP contribution is 2.24. The number of piperazine rings is 1. The summed E-state index contributed by atoms with van der Waals surface area (Å²) in [5.41, 5.74) is 6.97. The fourth-order valence-electron chi connectivity index (χ4n) is 2.93. The van der Waals surface area contributed by atoms with Gasteiger partial charge in [0.25, 0.3) is 0 Å². The van der Waals surface area contributed by atoms with Gasteiger partial charge in [-0.25, -0.2) is 0 Å². The molecule has 1 aromatic heterocycles. The standard InChI is InChI=1S/C14H16N4O2S/c15-13(21)10-6-9(3-4-16-10)7-17-8-12(19)18-5-1-2-11(18)14(17)20/h3-4,6,11H,1-2,5,7-8H2,(H2,15,21). The highest BCUT2D eigenvalue weighted by molar-refractivity contribution is 7.80. The summed E-state index contributed by atoms with van der Waals surface area (Å²) in [5.74, 6) is 0.0570. The van der Waals surface area contributed by atoms with E-state index in [9.17, 15) is 9.59 Å². The molecule has 0 aliphatic carbocycles. The average molecular weight is 304 g/mol. The molecule has 1 unspecified atom stereocenters. The molecule has 0 aromatic carbocycles. The van der Waals surface area contributed by atoms with Crippen LogP contribution in [0.1, 0.15) is 24.1 Å². The lowest BCUT2D eigenvalue weighted by Gasteiger charge is -2.36. The van der Waals surface area contributed by atoms with E-state index in [0.717, 1.165) is 18.4 Å². The molecule has 1 aromatic rings. The maximum absolute atomic E-state index is 12.4. The molecule has 7 heteroatoms. The van der Waals surface area contributed by atoms with Crippen LogP contribution >= 0.6 is 12.2 Å². The lowest BCUT2D eigenvalue weighted by atomic mass is 10.1. The summed E-state index contributed by atoms with van der Waals surface area (Å²) in [5, 5.41) is 0. The molecule has 0 bridgehead atoms. The zero-order valence-corrected chi connectivity index (χ0v) is 12.3. The molecule has 3 rings (SSSR count). The van der Waals surface area contributed by atoms with Crippen molar-refractivity contribution in [2.75, 3.05) is 13.1 Å². The third kappa shape index (κ3) is 2.61. The fraction of sp³-hybridized carbons (Fsp3) is 0.429. The molecule has 1 atom stereocenters. The van der Waals surface area contributed by atoms with Gasteiger partial charge in [0.05, 0.1) is 5.69 Å². The predicted octanol–water partition coefficient (Wildman–Crippen LogP) is 0.0490. The zero-order valence-electron chi connectivity index (χ0n) is 11.5. The van der Waals surface area contributed by atoms with E-state index in [2.05, 4.69) is 4.98 Å². The first kappa shape index (κ1) is 13.9. The number of carbonyl (C=O) groups is 2. The maximum atomic E-state index is 12.4. The highest BCUT2D eigenvalue weighted by atomic mass is 32.1. The second-order valence-electron chi connectivity index (χ2n) is 5.35. The van der Waals surface area contributed by atoms with Crippen molar-refractivity contribution in [3.8, 4) is 0 Å². The lowest BCUT2D eigenvalue weighted by molar-refractivity contribution is -0.154. The summed E-state index contributed by atoms with van der Waals surface area (Å²) >= 11 is 4.90. The van der Waals surface area contributed by atoms with Gasteiger partial charge in [0.2, 0.25) is 11.8 Å². The molecule has 3 heterocycles. The van der Waals surface area contributed by atoms with Gasteiger partial charge in [0.1, 0.15) is 17.6 Å². The largest absolute Gasteiger partial charge is 0.388 e. The van der Waals surface area contributed by atoms with E-state index in [1.165, 1.54) is 0 Å². The Morgan fingerprint density at radius 2 is 2.29 bits per heavy atom. The van der Waals surface area contributed by atoms with Crippen molar-refractivity contribution in [2.45, 2.75) is 25.4 Å². The minimum atomic E-state index is -0.275. The van der Waals surface area contributed by atoms with E-state index in [-0.39, 0.29) is 29.4 Å². The van der Waals surface area contributed by atoms with Crippen LogP contribution in [0.4, 0.5) is 0 Å². The van der Waals surface area contributed by atoms with E-state index >= 15 is 0 Å². The number of rotatable bonds is 3. The molecule has 0 saturated carbocycles. The number of amides is 2. The normalized spacial score (nSPS) is 21.6. The lowest BCUT2D eigenvalue weighted by Crippen LogP contribution is -2.56. The van der Waals surface area contributed by atoms with Gasteiger partial charge in [-0.05, 0) is 30.5 Å². The number of hydrogen-bond acceptors (Lipinski definition) is 4. The highest BCUT2D eigenvalue weighted by Gasteiger charge is 2.41. The van der Waals surface area contributed by atoms with Gasteiger partial charge in [0.15, 0.2) is 0 Å². The minimum absolute atomic E-state index is 0.0284. The summed E-state index contributed by atoms with van der Waals surface area (Å²) in [6.45, 7) is 1.22.